The maximum atomic E-state index is 12.2. The summed E-state index contributed by atoms with van der Waals surface area (Å²) in [4.78, 5) is 24.3. The number of allylic oxidation sites excluding steroid dienone is 8. The number of aliphatic hydroxyl groups is 2. The van der Waals surface area contributed by atoms with Crippen molar-refractivity contribution in [3.8, 4) is 0 Å². The van der Waals surface area contributed by atoms with Gasteiger partial charge in [-0.25, -0.2) is 0 Å². The average Bonchev–Trinajstić information content (AvgIpc) is 3.12. The predicted molar refractivity (Wildman–Crippen MR) is 216 cm³/mol. The molecule has 0 heterocycles. The van der Waals surface area contributed by atoms with Gasteiger partial charge in [0.25, 0.3) is 0 Å². The van der Waals surface area contributed by atoms with Gasteiger partial charge in [0.15, 0.2) is 6.10 Å². The van der Waals surface area contributed by atoms with E-state index in [0.29, 0.717) is 19.3 Å². The lowest BCUT2D eigenvalue weighted by Crippen LogP contribution is -2.28. The van der Waals surface area contributed by atoms with E-state index in [0.717, 1.165) is 64.2 Å². The molecule has 0 unspecified atom stereocenters. The molecule has 0 aromatic rings. The molecule has 2 N–H and O–H groups in total. The summed E-state index contributed by atoms with van der Waals surface area (Å²) in [6.07, 6.45) is 48.9. The summed E-state index contributed by atoms with van der Waals surface area (Å²) in [5.41, 5.74) is 0. The van der Waals surface area contributed by atoms with Crippen molar-refractivity contribution >= 4 is 11.9 Å². The highest BCUT2D eigenvalue weighted by Gasteiger charge is 2.16. The molecule has 51 heavy (non-hydrogen) atoms. The number of unbranched alkanes of at least 4 members (excludes halogenated alkanes) is 20. The van der Waals surface area contributed by atoms with Gasteiger partial charge in [0.1, 0.15) is 6.61 Å². The standard InChI is InChI=1S/C45H80O6/c1-3-4-5-6-7-8-9-10-11-12-13-14-17-21-24-27-30-33-36-39-45(49)51-43(40-46)41-50-44(48)38-35-32-29-26-23-20-18-15-16-19-22-25-28-31-34-37-42(2)47/h16,18-20,25-26,28-29,42-43,46-47H,3-15,17,21-24,27,30-41H2,1-2H3/b19-16-,20-18-,28-25-,29-26-/t42-,43+/m1/s1. The molecule has 0 spiro atoms. The first-order chi connectivity index (χ1) is 25.0. The van der Waals surface area contributed by atoms with Crippen molar-refractivity contribution < 1.29 is 29.3 Å². The molecular weight excluding hydrogens is 636 g/mol. The molecular formula is C45H80O6. The number of esters is 2. The Morgan fingerprint density at radius 3 is 1.35 bits per heavy atom. The Bertz CT molecular complexity index is 874. The summed E-state index contributed by atoms with van der Waals surface area (Å²) in [6.45, 7) is 3.65. The second-order valence-electron chi connectivity index (χ2n) is 14.4. The maximum Gasteiger partial charge on any atom is 0.306 e. The smallest absolute Gasteiger partial charge is 0.306 e. The van der Waals surface area contributed by atoms with Crippen LogP contribution < -0.4 is 0 Å². The van der Waals surface area contributed by atoms with E-state index >= 15 is 0 Å². The number of carbonyl (C=O) groups excluding carboxylic acids is 2. The van der Waals surface area contributed by atoms with Gasteiger partial charge in [-0.2, -0.15) is 0 Å². The van der Waals surface area contributed by atoms with E-state index in [9.17, 15) is 19.8 Å². The van der Waals surface area contributed by atoms with Gasteiger partial charge in [0.05, 0.1) is 12.7 Å². The predicted octanol–water partition coefficient (Wildman–Crippen LogP) is 12.4. The van der Waals surface area contributed by atoms with Gasteiger partial charge in [-0.05, 0) is 64.7 Å². The first-order valence-corrected chi connectivity index (χ1v) is 21.2. The molecule has 0 radical (unpaired) electrons. The van der Waals surface area contributed by atoms with E-state index in [1.54, 1.807) is 0 Å². The number of rotatable bonds is 38. The third kappa shape index (κ3) is 40.4. The lowest BCUT2D eigenvalue weighted by molar-refractivity contribution is -0.161. The van der Waals surface area contributed by atoms with Crippen molar-refractivity contribution in [2.75, 3.05) is 13.2 Å². The number of hydrogen-bond donors (Lipinski definition) is 2. The fourth-order valence-corrected chi connectivity index (χ4v) is 5.92. The van der Waals surface area contributed by atoms with E-state index in [4.69, 9.17) is 9.47 Å². The number of ether oxygens (including phenoxy) is 2. The number of aliphatic hydroxyl groups excluding tert-OH is 2. The first-order valence-electron chi connectivity index (χ1n) is 21.2. The van der Waals surface area contributed by atoms with E-state index in [1.165, 1.54) is 103 Å². The number of carbonyl (C=O) groups is 2. The average molecular weight is 717 g/mol. The second kappa shape index (κ2) is 40.6. The van der Waals surface area contributed by atoms with E-state index in [1.807, 2.05) is 6.92 Å². The van der Waals surface area contributed by atoms with Gasteiger partial charge in [-0.1, -0.05) is 171 Å². The van der Waals surface area contributed by atoms with Crippen LogP contribution in [-0.4, -0.2) is 47.6 Å². The fraction of sp³-hybridized carbons (Fsp3) is 0.778. The molecule has 0 aliphatic carbocycles. The maximum absolute atomic E-state index is 12.2. The molecule has 6 heteroatoms. The Morgan fingerprint density at radius 2 is 0.922 bits per heavy atom. The van der Waals surface area contributed by atoms with Crippen LogP contribution >= 0.6 is 0 Å². The van der Waals surface area contributed by atoms with Crippen LogP contribution in [0.3, 0.4) is 0 Å². The van der Waals surface area contributed by atoms with E-state index < -0.39 is 6.10 Å². The van der Waals surface area contributed by atoms with Crippen LogP contribution in [0.1, 0.15) is 200 Å². The van der Waals surface area contributed by atoms with E-state index in [-0.39, 0.29) is 31.3 Å². The van der Waals surface area contributed by atoms with Gasteiger partial charge in [-0.3, -0.25) is 9.59 Å². The second-order valence-corrected chi connectivity index (χ2v) is 14.4. The van der Waals surface area contributed by atoms with Crippen molar-refractivity contribution in [2.24, 2.45) is 0 Å². The highest BCUT2D eigenvalue weighted by Crippen LogP contribution is 2.15. The Morgan fingerprint density at radius 1 is 0.529 bits per heavy atom. The minimum Gasteiger partial charge on any atom is -0.462 e. The van der Waals surface area contributed by atoms with Gasteiger partial charge in [-0.15, -0.1) is 0 Å². The molecule has 0 bridgehead atoms. The third-order valence-corrected chi connectivity index (χ3v) is 9.14. The van der Waals surface area contributed by atoms with Crippen LogP contribution in [0, 0.1) is 0 Å². The lowest BCUT2D eigenvalue weighted by Gasteiger charge is -2.15. The van der Waals surface area contributed by atoms with Crippen molar-refractivity contribution in [3.63, 3.8) is 0 Å². The first kappa shape index (κ1) is 48.8. The Balaban J connectivity index is 3.61. The Hall–Kier alpha value is -2.18. The molecule has 0 saturated carbocycles. The largest absolute Gasteiger partial charge is 0.462 e. The summed E-state index contributed by atoms with van der Waals surface area (Å²) in [7, 11) is 0. The van der Waals surface area contributed by atoms with Crippen LogP contribution in [0.25, 0.3) is 0 Å². The quantitative estimate of drug-likeness (QED) is 0.0375. The van der Waals surface area contributed by atoms with Crippen molar-refractivity contribution in [3.05, 3.63) is 48.6 Å². The van der Waals surface area contributed by atoms with Crippen LogP contribution in [0.2, 0.25) is 0 Å². The molecule has 296 valence electrons. The summed E-state index contributed by atoms with van der Waals surface area (Å²) in [6, 6.07) is 0. The normalized spacial score (nSPS) is 13.3. The molecule has 0 aliphatic heterocycles. The zero-order valence-corrected chi connectivity index (χ0v) is 33.2. The van der Waals surface area contributed by atoms with Crippen LogP contribution in [-0.2, 0) is 19.1 Å². The van der Waals surface area contributed by atoms with Crippen molar-refractivity contribution in [1.82, 2.24) is 0 Å². The lowest BCUT2D eigenvalue weighted by atomic mass is 10.0. The molecule has 0 aliphatic rings. The molecule has 0 fully saturated rings. The molecule has 2 atom stereocenters. The van der Waals surface area contributed by atoms with E-state index in [2.05, 4.69) is 55.5 Å². The molecule has 0 aromatic carbocycles. The van der Waals surface area contributed by atoms with Crippen molar-refractivity contribution in [1.29, 1.82) is 0 Å². The molecule has 0 amide bonds. The van der Waals surface area contributed by atoms with Gasteiger partial charge in [0, 0.05) is 12.8 Å². The minimum absolute atomic E-state index is 0.102. The summed E-state index contributed by atoms with van der Waals surface area (Å²) >= 11 is 0. The zero-order chi connectivity index (χ0) is 37.3. The van der Waals surface area contributed by atoms with Crippen LogP contribution in [0.15, 0.2) is 48.6 Å². The molecule has 6 nitrogen and oxygen atoms in total. The van der Waals surface area contributed by atoms with Gasteiger partial charge < -0.3 is 19.7 Å². The Kier molecular flexibility index (Phi) is 38.9. The molecule has 0 saturated heterocycles. The fourth-order valence-electron chi connectivity index (χ4n) is 5.92. The topological polar surface area (TPSA) is 93.1 Å². The molecule has 0 rings (SSSR count). The highest BCUT2D eigenvalue weighted by molar-refractivity contribution is 5.70. The summed E-state index contributed by atoms with van der Waals surface area (Å²) < 4.78 is 10.6. The summed E-state index contributed by atoms with van der Waals surface area (Å²) in [5.74, 6) is -0.668. The zero-order valence-electron chi connectivity index (χ0n) is 33.2. The van der Waals surface area contributed by atoms with Crippen LogP contribution in [0.4, 0.5) is 0 Å². The summed E-state index contributed by atoms with van der Waals surface area (Å²) in [5, 5.41) is 18.8. The Labute approximate surface area is 314 Å². The number of hydrogen-bond acceptors (Lipinski definition) is 6. The van der Waals surface area contributed by atoms with Crippen LogP contribution in [0.5, 0.6) is 0 Å². The monoisotopic (exact) mass is 717 g/mol. The highest BCUT2D eigenvalue weighted by atomic mass is 16.6. The minimum atomic E-state index is -0.800. The van der Waals surface area contributed by atoms with Crippen molar-refractivity contribution in [2.45, 2.75) is 212 Å². The van der Waals surface area contributed by atoms with Gasteiger partial charge in [0.2, 0.25) is 0 Å². The van der Waals surface area contributed by atoms with Gasteiger partial charge >= 0.3 is 11.9 Å². The third-order valence-electron chi connectivity index (χ3n) is 9.14. The SMILES string of the molecule is CCCCCCCCCCCCCCCCCCCCCC(=O)O[C@@H](CO)COC(=O)CCC/C=C\C/C=C\C/C=C\C/C=C\CCC[C@@H](C)O. The molecule has 0 aromatic heterocycles.